The van der Waals surface area contributed by atoms with Gasteiger partial charge >= 0.3 is 12.1 Å². The van der Waals surface area contributed by atoms with Gasteiger partial charge in [-0.05, 0) is 25.5 Å². The van der Waals surface area contributed by atoms with Crippen LogP contribution >= 0.6 is 0 Å². The Morgan fingerprint density at radius 2 is 2.25 bits per heavy atom. The first kappa shape index (κ1) is 17.9. The number of benzene rings is 1. The SMILES string of the molecule is CC[C@](C)(O)CNC(=O)Nc1ccc(N2CCOC2=O)c(OC)c1. The number of carbonyl (C=O) groups is 2. The van der Waals surface area contributed by atoms with Gasteiger partial charge in [-0.15, -0.1) is 0 Å². The highest BCUT2D eigenvalue weighted by atomic mass is 16.6. The van der Waals surface area contributed by atoms with Gasteiger partial charge in [-0.3, -0.25) is 4.90 Å². The number of nitrogens with zero attached hydrogens (tertiary/aromatic N) is 1. The molecule has 8 heteroatoms. The topological polar surface area (TPSA) is 100 Å². The number of anilines is 2. The molecule has 0 bridgehead atoms. The fourth-order valence-electron chi connectivity index (χ4n) is 2.16. The first-order chi connectivity index (χ1) is 11.4. The highest BCUT2D eigenvalue weighted by molar-refractivity contribution is 5.93. The van der Waals surface area contributed by atoms with Crippen LogP contribution in [0, 0.1) is 0 Å². The van der Waals surface area contributed by atoms with Crippen LogP contribution in [0.3, 0.4) is 0 Å². The van der Waals surface area contributed by atoms with Crippen molar-refractivity contribution in [2.24, 2.45) is 0 Å². The molecule has 1 aromatic rings. The minimum atomic E-state index is -0.949. The van der Waals surface area contributed by atoms with E-state index in [-0.39, 0.29) is 6.54 Å². The summed E-state index contributed by atoms with van der Waals surface area (Å²) in [6.45, 7) is 4.42. The zero-order valence-corrected chi connectivity index (χ0v) is 14.1. The molecule has 1 aliphatic heterocycles. The van der Waals surface area contributed by atoms with Crippen molar-refractivity contribution in [3.8, 4) is 5.75 Å². The van der Waals surface area contributed by atoms with Gasteiger partial charge < -0.3 is 25.2 Å². The molecule has 1 atom stereocenters. The van der Waals surface area contributed by atoms with Crippen LogP contribution < -0.4 is 20.3 Å². The summed E-state index contributed by atoms with van der Waals surface area (Å²) in [5.74, 6) is 0.451. The number of urea groups is 1. The monoisotopic (exact) mass is 337 g/mol. The van der Waals surface area contributed by atoms with E-state index in [2.05, 4.69) is 10.6 Å². The highest BCUT2D eigenvalue weighted by Crippen LogP contribution is 2.32. The van der Waals surface area contributed by atoms with E-state index in [4.69, 9.17) is 9.47 Å². The molecule has 1 saturated heterocycles. The molecule has 3 N–H and O–H groups in total. The Hall–Kier alpha value is -2.48. The summed E-state index contributed by atoms with van der Waals surface area (Å²) >= 11 is 0. The summed E-state index contributed by atoms with van der Waals surface area (Å²) in [5.41, 5.74) is 0.145. The molecule has 0 aliphatic carbocycles. The predicted molar refractivity (Wildman–Crippen MR) is 89.6 cm³/mol. The number of methoxy groups -OCH3 is 1. The van der Waals surface area contributed by atoms with Crippen molar-refractivity contribution in [3.05, 3.63) is 18.2 Å². The summed E-state index contributed by atoms with van der Waals surface area (Å²) < 4.78 is 10.2. The van der Waals surface area contributed by atoms with Crippen LogP contribution in [-0.2, 0) is 4.74 Å². The molecule has 1 heterocycles. The molecular formula is C16H23N3O5. The summed E-state index contributed by atoms with van der Waals surface area (Å²) in [6.07, 6.45) is 0.107. The number of ether oxygens (including phenoxy) is 2. The van der Waals surface area contributed by atoms with Crippen LogP contribution in [-0.4, -0.2) is 49.6 Å². The minimum absolute atomic E-state index is 0.143. The van der Waals surface area contributed by atoms with E-state index < -0.39 is 17.7 Å². The van der Waals surface area contributed by atoms with Crippen LogP contribution in [0.1, 0.15) is 20.3 Å². The van der Waals surface area contributed by atoms with E-state index in [1.165, 1.54) is 12.0 Å². The van der Waals surface area contributed by atoms with Gasteiger partial charge in [0.15, 0.2) is 0 Å². The Kier molecular flexibility index (Phi) is 5.50. The Balaban J connectivity index is 2.04. The lowest BCUT2D eigenvalue weighted by Crippen LogP contribution is -2.41. The van der Waals surface area contributed by atoms with Crippen LogP contribution in [0.15, 0.2) is 18.2 Å². The van der Waals surface area contributed by atoms with Crippen molar-refractivity contribution in [1.29, 1.82) is 0 Å². The summed E-state index contributed by atoms with van der Waals surface area (Å²) in [5, 5.41) is 15.2. The van der Waals surface area contributed by atoms with Crippen LogP contribution in [0.4, 0.5) is 21.0 Å². The second kappa shape index (κ2) is 7.39. The van der Waals surface area contributed by atoms with Crippen molar-refractivity contribution in [2.45, 2.75) is 25.9 Å². The lowest BCUT2D eigenvalue weighted by molar-refractivity contribution is 0.0587. The zero-order chi connectivity index (χ0) is 17.7. The van der Waals surface area contributed by atoms with Gasteiger partial charge in [0.25, 0.3) is 0 Å². The van der Waals surface area contributed by atoms with Crippen molar-refractivity contribution in [1.82, 2.24) is 5.32 Å². The quantitative estimate of drug-likeness (QED) is 0.736. The maximum Gasteiger partial charge on any atom is 0.414 e. The second-order valence-electron chi connectivity index (χ2n) is 5.81. The number of cyclic esters (lactones) is 1. The normalized spacial score (nSPS) is 16.3. The number of hydrogen-bond donors (Lipinski definition) is 3. The molecule has 1 fully saturated rings. The van der Waals surface area contributed by atoms with Gasteiger partial charge in [0, 0.05) is 18.3 Å². The number of aliphatic hydroxyl groups is 1. The smallest absolute Gasteiger partial charge is 0.414 e. The lowest BCUT2D eigenvalue weighted by atomic mass is 10.0. The van der Waals surface area contributed by atoms with Crippen LogP contribution in [0.2, 0.25) is 0 Å². The Labute approximate surface area is 140 Å². The molecule has 0 aromatic heterocycles. The third-order valence-corrected chi connectivity index (χ3v) is 3.88. The van der Waals surface area contributed by atoms with Crippen LogP contribution in [0.25, 0.3) is 0 Å². The summed E-state index contributed by atoms with van der Waals surface area (Å²) in [4.78, 5) is 25.0. The molecule has 0 spiro atoms. The van der Waals surface area contributed by atoms with E-state index in [0.29, 0.717) is 36.7 Å². The van der Waals surface area contributed by atoms with E-state index in [1.54, 1.807) is 25.1 Å². The first-order valence-corrected chi connectivity index (χ1v) is 7.76. The van der Waals surface area contributed by atoms with Crippen molar-refractivity contribution < 1.29 is 24.2 Å². The Bertz CT molecular complexity index is 618. The average Bonchev–Trinajstić information content (AvgIpc) is 2.99. The number of rotatable bonds is 6. The summed E-state index contributed by atoms with van der Waals surface area (Å²) in [6, 6.07) is 4.54. The molecule has 132 valence electrons. The second-order valence-corrected chi connectivity index (χ2v) is 5.81. The molecular weight excluding hydrogens is 314 g/mol. The first-order valence-electron chi connectivity index (χ1n) is 7.76. The fourth-order valence-corrected chi connectivity index (χ4v) is 2.16. The standard InChI is InChI=1S/C16H23N3O5/c1-4-16(2,22)10-17-14(20)18-11-5-6-12(13(9-11)23-3)19-7-8-24-15(19)21/h5-6,9,22H,4,7-8,10H2,1-3H3,(H2,17,18,20)/t16-/m0/s1. The van der Waals surface area contributed by atoms with Gasteiger partial charge in [0.05, 0.1) is 24.9 Å². The third kappa shape index (κ3) is 4.29. The third-order valence-electron chi connectivity index (χ3n) is 3.88. The number of carbonyl (C=O) groups excluding carboxylic acids is 2. The number of nitrogens with one attached hydrogen (secondary N) is 2. The lowest BCUT2D eigenvalue weighted by Gasteiger charge is -2.22. The Morgan fingerprint density at radius 1 is 1.50 bits per heavy atom. The Morgan fingerprint density at radius 3 is 2.83 bits per heavy atom. The van der Waals surface area contributed by atoms with Gasteiger partial charge in [-0.1, -0.05) is 6.92 Å². The van der Waals surface area contributed by atoms with Crippen molar-refractivity contribution >= 4 is 23.5 Å². The largest absolute Gasteiger partial charge is 0.494 e. The predicted octanol–water partition coefficient (Wildman–Crippen LogP) is 1.93. The van der Waals surface area contributed by atoms with Gasteiger partial charge in [0.2, 0.25) is 0 Å². The van der Waals surface area contributed by atoms with E-state index in [1.807, 2.05) is 6.92 Å². The molecule has 1 aliphatic rings. The van der Waals surface area contributed by atoms with Gasteiger partial charge in [-0.2, -0.15) is 0 Å². The van der Waals surface area contributed by atoms with Crippen LogP contribution in [0.5, 0.6) is 5.75 Å². The summed E-state index contributed by atoms with van der Waals surface area (Å²) in [7, 11) is 1.49. The maximum atomic E-state index is 11.9. The fraction of sp³-hybridized carbons (Fsp3) is 0.500. The average molecular weight is 337 g/mol. The van der Waals surface area contributed by atoms with E-state index in [9.17, 15) is 14.7 Å². The number of hydrogen-bond acceptors (Lipinski definition) is 5. The van der Waals surface area contributed by atoms with Gasteiger partial charge in [0.1, 0.15) is 12.4 Å². The van der Waals surface area contributed by atoms with Crippen molar-refractivity contribution in [3.63, 3.8) is 0 Å². The van der Waals surface area contributed by atoms with Gasteiger partial charge in [-0.25, -0.2) is 9.59 Å². The molecule has 24 heavy (non-hydrogen) atoms. The van der Waals surface area contributed by atoms with Crippen molar-refractivity contribution in [2.75, 3.05) is 37.0 Å². The zero-order valence-electron chi connectivity index (χ0n) is 14.1. The molecule has 0 radical (unpaired) electrons. The molecule has 0 unspecified atom stereocenters. The minimum Gasteiger partial charge on any atom is -0.494 e. The molecule has 2 rings (SSSR count). The molecule has 3 amide bonds. The highest BCUT2D eigenvalue weighted by Gasteiger charge is 2.26. The van der Waals surface area contributed by atoms with E-state index >= 15 is 0 Å². The number of amides is 3. The molecule has 0 saturated carbocycles. The van der Waals surface area contributed by atoms with E-state index in [0.717, 1.165) is 0 Å². The molecule has 1 aromatic carbocycles. The maximum absolute atomic E-state index is 11.9. The molecule has 8 nitrogen and oxygen atoms in total.